The summed E-state index contributed by atoms with van der Waals surface area (Å²) in [6.07, 6.45) is 0. The number of fused-ring (bicyclic) bond motifs is 11. The van der Waals surface area contributed by atoms with Crippen molar-refractivity contribution in [3.63, 3.8) is 0 Å². The smallest absolute Gasteiger partial charge is 0.166 e. The molecular weight excluding hydrogens is 795 g/mol. The summed E-state index contributed by atoms with van der Waals surface area (Å²) in [6.45, 7) is 0. The first-order valence-corrected chi connectivity index (χ1v) is 21.9. The summed E-state index contributed by atoms with van der Waals surface area (Å²) in [5.74, 6) is 1.75. The van der Waals surface area contributed by atoms with E-state index in [-0.39, 0.29) is 0 Å². The molecule has 0 aliphatic heterocycles. The zero-order valence-electron chi connectivity index (χ0n) is 34.9. The van der Waals surface area contributed by atoms with Crippen LogP contribution < -0.4 is 0 Å². The van der Waals surface area contributed by atoms with E-state index in [9.17, 15) is 0 Å². The first-order chi connectivity index (χ1) is 32.2. The third kappa shape index (κ3) is 5.31. The molecule has 0 aliphatic rings. The van der Waals surface area contributed by atoms with Crippen LogP contribution in [0.3, 0.4) is 0 Å². The number of hydrogen-bond donors (Lipinski definition) is 0. The number of rotatable bonds is 5. The molecule has 0 aliphatic carbocycles. The van der Waals surface area contributed by atoms with E-state index in [1.54, 1.807) is 0 Å². The topological polar surface area (TPSA) is 61.7 Å². The monoisotopic (exact) mass is 829 g/mol. The van der Waals surface area contributed by atoms with Crippen molar-refractivity contribution in [1.29, 1.82) is 0 Å². The van der Waals surface area contributed by atoms with Gasteiger partial charge in [-0.1, -0.05) is 152 Å². The van der Waals surface area contributed by atoms with Crippen LogP contribution >= 0.6 is 0 Å². The van der Waals surface area contributed by atoms with Crippen molar-refractivity contribution in [1.82, 2.24) is 24.1 Å². The van der Waals surface area contributed by atoms with E-state index in [1.165, 1.54) is 21.5 Å². The van der Waals surface area contributed by atoms with Gasteiger partial charge in [0.1, 0.15) is 5.58 Å². The number of para-hydroxylation sites is 5. The van der Waals surface area contributed by atoms with Crippen LogP contribution in [0.1, 0.15) is 0 Å². The first-order valence-electron chi connectivity index (χ1n) is 21.9. The second-order valence-electron chi connectivity index (χ2n) is 16.7. The van der Waals surface area contributed by atoms with Gasteiger partial charge < -0.3 is 13.6 Å². The van der Waals surface area contributed by atoms with Gasteiger partial charge in [-0.2, -0.15) is 0 Å². The third-order valence-corrected chi connectivity index (χ3v) is 13.1. The Kier molecular flexibility index (Phi) is 7.59. The van der Waals surface area contributed by atoms with Gasteiger partial charge in [0.25, 0.3) is 0 Å². The fourth-order valence-electron chi connectivity index (χ4n) is 10.3. The molecule has 0 bridgehead atoms. The van der Waals surface area contributed by atoms with Gasteiger partial charge in [0.05, 0.1) is 27.8 Å². The van der Waals surface area contributed by atoms with Crippen molar-refractivity contribution in [2.45, 2.75) is 0 Å². The van der Waals surface area contributed by atoms with E-state index in [2.05, 4.69) is 209 Å². The lowest BCUT2D eigenvalue weighted by Crippen LogP contribution is -2.03. The average Bonchev–Trinajstić information content (AvgIpc) is 4.03. The summed E-state index contributed by atoms with van der Waals surface area (Å²) in [5, 5.41) is 11.2. The lowest BCUT2D eigenvalue weighted by Gasteiger charge is -2.14. The van der Waals surface area contributed by atoms with E-state index in [4.69, 9.17) is 19.4 Å². The zero-order valence-corrected chi connectivity index (χ0v) is 34.9. The Morgan fingerprint density at radius 1 is 0.338 bits per heavy atom. The Bertz CT molecular complexity index is 4250. The maximum absolute atomic E-state index is 7.00. The Balaban J connectivity index is 1.09. The van der Waals surface area contributed by atoms with Crippen LogP contribution in [0, 0.1) is 0 Å². The fraction of sp³-hybridized carbons (Fsp3) is 0. The quantitative estimate of drug-likeness (QED) is 0.173. The van der Waals surface area contributed by atoms with Gasteiger partial charge >= 0.3 is 0 Å². The lowest BCUT2D eigenvalue weighted by atomic mass is 10.0. The third-order valence-electron chi connectivity index (χ3n) is 13.1. The number of hydrogen-bond acceptors (Lipinski definition) is 4. The molecule has 14 rings (SSSR count). The first kappa shape index (κ1) is 35.7. The van der Waals surface area contributed by atoms with Crippen molar-refractivity contribution in [2.75, 3.05) is 0 Å². The minimum atomic E-state index is 0.564. The molecule has 10 aromatic carbocycles. The highest BCUT2D eigenvalue weighted by molar-refractivity contribution is 6.18. The van der Waals surface area contributed by atoms with Gasteiger partial charge in [0, 0.05) is 54.7 Å². The van der Waals surface area contributed by atoms with E-state index < -0.39 is 0 Å². The second-order valence-corrected chi connectivity index (χ2v) is 16.7. The minimum Gasteiger partial charge on any atom is -0.454 e. The van der Waals surface area contributed by atoms with Crippen LogP contribution in [0.4, 0.5) is 0 Å². The van der Waals surface area contributed by atoms with Crippen molar-refractivity contribution < 1.29 is 4.42 Å². The molecule has 4 aromatic heterocycles. The normalized spacial score (nSPS) is 12.0. The fourth-order valence-corrected chi connectivity index (χ4v) is 10.3. The summed E-state index contributed by atoms with van der Waals surface area (Å²) in [4.78, 5) is 16.4. The number of aromatic nitrogens is 5. The molecule has 0 fully saturated rings. The summed E-state index contributed by atoms with van der Waals surface area (Å²) in [7, 11) is 0. The van der Waals surface area contributed by atoms with Crippen LogP contribution in [-0.4, -0.2) is 24.1 Å². The number of benzene rings is 10. The predicted octanol–water partition coefficient (Wildman–Crippen LogP) is 15.3. The Labute approximate surface area is 371 Å². The molecule has 0 radical (unpaired) electrons. The molecule has 0 unspecified atom stereocenters. The Hall–Kier alpha value is -8.87. The Morgan fingerprint density at radius 3 is 1.69 bits per heavy atom. The highest BCUT2D eigenvalue weighted by Crippen LogP contribution is 2.44. The minimum absolute atomic E-state index is 0.564. The number of nitrogens with zero attached hydrogens (tertiary/aromatic N) is 5. The molecule has 6 nitrogen and oxygen atoms in total. The van der Waals surface area contributed by atoms with Crippen molar-refractivity contribution in [2.24, 2.45) is 0 Å². The molecule has 0 amide bonds. The average molecular weight is 830 g/mol. The van der Waals surface area contributed by atoms with Crippen LogP contribution in [0.15, 0.2) is 217 Å². The standard InChI is InChI=1S/C59H35N5O/c1-2-20-39(21-3-1)63-49-29-11-8-23-41(49)43-26-15-28-47(55(43)63)59-61-57(44-27-14-19-36-16-6-7-22-40(36)44)60-58(62-59)46-32-33-51(56-54(46)45-25-10-13-31-53(45)65-56)64-50-30-12-9-24-42(50)48-34-37-17-4-5-18-38(37)35-52(48)64/h1-35H. The van der Waals surface area contributed by atoms with Gasteiger partial charge in [0.15, 0.2) is 23.1 Å². The molecule has 6 heteroatoms. The van der Waals surface area contributed by atoms with E-state index >= 15 is 0 Å². The molecular formula is C59H35N5O. The summed E-state index contributed by atoms with van der Waals surface area (Å²) < 4.78 is 11.7. The summed E-state index contributed by atoms with van der Waals surface area (Å²) in [5.41, 5.74) is 10.7. The highest BCUT2D eigenvalue weighted by Gasteiger charge is 2.25. The molecule has 0 saturated heterocycles. The maximum Gasteiger partial charge on any atom is 0.166 e. The van der Waals surface area contributed by atoms with E-state index in [0.717, 1.165) is 93.6 Å². The molecule has 0 saturated carbocycles. The Morgan fingerprint density at radius 2 is 0.892 bits per heavy atom. The van der Waals surface area contributed by atoms with Gasteiger partial charge in [-0.15, -0.1) is 0 Å². The molecule has 4 heterocycles. The van der Waals surface area contributed by atoms with Gasteiger partial charge in [-0.3, -0.25) is 0 Å². The van der Waals surface area contributed by atoms with Crippen LogP contribution in [0.5, 0.6) is 0 Å². The van der Waals surface area contributed by atoms with Crippen LogP contribution in [0.25, 0.3) is 133 Å². The number of furan rings is 1. The molecule has 302 valence electrons. The van der Waals surface area contributed by atoms with E-state index in [0.29, 0.717) is 17.5 Å². The van der Waals surface area contributed by atoms with Gasteiger partial charge in [-0.05, 0) is 82.2 Å². The summed E-state index contributed by atoms with van der Waals surface area (Å²) >= 11 is 0. The zero-order chi connectivity index (χ0) is 42.6. The van der Waals surface area contributed by atoms with Crippen LogP contribution in [0.2, 0.25) is 0 Å². The van der Waals surface area contributed by atoms with E-state index in [1.807, 2.05) is 12.1 Å². The molecule has 0 spiro atoms. The highest BCUT2D eigenvalue weighted by atomic mass is 16.3. The van der Waals surface area contributed by atoms with Crippen molar-refractivity contribution in [3.8, 4) is 45.5 Å². The molecule has 14 aromatic rings. The summed E-state index contributed by atoms with van der Waals surface area (Å²) in [6, 6.07) is 74.8. The maximum atomic E-state index is 7.00. The lowest BCUT2D eigenvalue weighted by molar-refractivity contribution is 0.666. The second kappa shape index (κ2) is 13.8. The molecule has 0 atom stereocenters. The van der Waals surface area contributed by atoms with Gasteiger partial charge in [0.2, 0.25) is 0 Å². The molecule has 65 heavy (non-hydrogen) atoms. The predicted molar refractivity (Wildman–Crippen MR) is 267 cm³/mol. The van der Waals surface area contributed by atoms with Gasteiger partial charge in [-0.25, -0.2) is 15.0 Å². The molecule has 0 N–H and O–H groups in total. The van der Waals surface area contributed by atoms with Crippen molar-refractivity contribution in [3.05, 3.63) is 212 Å². The SMILES string of the molecule is c1ccc(-n2c3ccccc3c3cccc(-c4nc(-c5cccc6ccccc56)nc(-c5ccc(-n6c7ccccc7c7cc8ccccc8cc76)c6oc7ccccc7c56)n4)c32)cc1. The van der Waals surface area contributed by atoms with Crippen LogP contribution in [-0.2, 0) is 0 Å². The largest absolute Gasteiger partial charge is 0.454 e. The van der Waals surface area contributed by atoms with Crippen molar-refractivity contribution >= 4 is 87.1 Å².